The summed E-state index contributed by atoms with van der Waals surface area (Å²) in [6.07, 6.45) is 0. The van der Waals surface area contributed by atoms with Crippen LogP contribution in [0.15, 0.2) is 36.4 Å². The molecular formula is C16H18INO3. The molecule has 0 aliphatic carbocycles. The average molecular weight is 399 g/mol. The maximum Gasteiger partial charge on any atom is 0.192 e. The second kappa shape index (κ2) is 7.40. The summed E-state index contributed by atoms with van der Waals surface area (Å²) < 4.78 is 15.9. The first-order valence-electron chi connectivity index (χ1n) is 6.52. The Morgan fingerprint density at radius 2 is 1.67 bits per heavy atom. The van der Waals surface area contributed by atoms with Crippen molar-refractivity contribution in [2.45, 2.75) is 13.5 Å². The van der Waals surface area contributed by atoms with E-state index in [0.717, 1.165) is 22.9 Å². The Labute approximate surface area is 139 Å². The lowest BCUT2D eigenvalue weighted by atomic mass is 10.1. The molecule has 1 N–H and O–H groups in total. The van der Waals surface area contributed by atoms with Gasteiger partial charge in [0.2, 0.25) is 0 Å². The second-order valence-electron chi connectivity index (χ2n) is 4.59. The molecule has 0 saturated carbocycles. The first kappa shape index (κ1) is 15.8. The molecule has 0 spiro atoms. The number of anilines is 1. The molecule has 0 amide bonds. The number of methoxy groups -OCH3 is 2. The quantitative estimate of drug-likeness (QED) is 0.734. The second-order valence-corrected chi connectivity index (χ2v) is 5.03. The highest BCUT2D eigenvalue weighted by Crippen LogP contribution is 2.31. The Hall–Kier alpha value is -1.63. The smallest absolute Gasteiger partial charge is 0.192 e. The van der Waals surface area contributed by atoms with Crippen molar-refractivity contribution in [2.75, 3.05) is 19.5 Å². The van der Waals surface area contributed by atoms with Gasteiger partial charge < -0.3 is 17.9 Å². The van der Waals surface area contributed by atoms with Gasteiger partial charge in [-0.1, -0.05) is 6.07 Å². The van der Waals surface area contributed by atoms with Crippen LogP contribution in [0.5, 0.6) is 17.2 Å². The average Bonchev–Trinajstić information content (AvgIpc) is 2.53. The molecule has 0 fully saturated rings. The fraction of sp³-hybridized carbons (Fsp3) is 0.250. The van der Waals surface area contributed by atoms with E-state index in [9.17, 15) is 0 Å². The first-order chi connectivity index (χ1) is 10.2. The predicted octanol–water partition coefficient (Wildman–Crippen LogP) is 4.35. The molecule has 0 radical (unpaired) electrons. The predicted molar refractivity (Wildman–Crippen MR) is 92.7 cm³/mol. The normalized spacial score (nSPS) is 10.1. The molecule has 5 heteroatoms. The van der Waals surface area contributed by atoms with Crippen molar-refractivity contribution in [3.63, 3.8) is 0 Å². The third-order valence-corrected chi connectivity index (χ3v) is 3.77. The zero-order valence-corrected chi connectivity index (χ0v) is 14.4. The van der Waals surface area contributed by atoms with Gasteiger partial charge in [0.15, 0.2) is 28.8 Å². The molecule has 0 saturated heterocycles. The number of aryl methyl sites for hydroxylation is 1. The Balaban J connectivity index is 2.19. The molecular weight excluding hydrogens is 381 g/mol. The standard InChI is InChI=1S/C16H18INO3/c1-11-4-5-13(19-2)8-12(11)10-18-15-9-14(20-3)6-7-16(15)21-17/h4-9,18H,10H2,1-3H3. The zero-order valence-electron chi connectivity index (χ0n) is 12.3. The van der Waals surface area contributed by atoms with Gasteiger partial charge in [0.25, 0.3) is 0 Å². The van der Waals surface area contributed by atoms with E-state index in [2.05, 4.69) is 18.3 Å². The molecule has 0 bridgehead atoms. The van der Waals surface area contributed by atoms with Gasteiger partial charge in [0.1, 0.15) is 11.5 Å². The van der Waals surface area contributed by atoms with Gasteiger partial charge in [-0.05, 0) is 42.3 Å². The lowest BCUT2D eigenvalue weighted by Crippen LogP contribution is -2.03. The molecule has 0 aromatic heterocycles. The van der Waals surface area contributed by atoms with Crippen LogP contribution < -0.4 is 17.9 Å². The third-order valence-electron chi connectivity index (χ3n) is 3.30. The number of ether oxygens (including phenoxy) is 2. The van der Waals surface area contributed by atoms with Crippen molar-refractivity contribution >= 4 is 28.7 Å². The first-order valence-corrected chi connectivity index (χ1v) is 7.40. The van der Waals surface area contributed by atoms with Crippen molar-refractivity contribution < 1.29 is 12.5 Å². The Bertz CT molecular complexity index is 616. The van der Waals surface area contributed by atoms with Crippen LogP contribution in [0.3, 0.4) is 0 Å². The fourth-order valence-corrected chi connectivity index (χ4v) is 2.38. The Morgan fingerprint density at radius 3 is 2.33 bits per heavy atom. The van der Waals surface area contributed by atoms with E-state index >= 15 is 0 Å². The van der Waals surface area contributed by atoms with Crippen LogP contribution >= 0.6 is 23.0 Å². The minimum absolute atomic E-state index is 0.684. The lowest BCUT2D eigenvalue weighted by Gasteiger charge is -2.13. The van der Waals surface area contributed by atoms with Crippen molar-refractivity contribution in [3.05, 3.63) is 47.5 Å². The van der Waals surface area contributed by atoms with Gasteiger partial charge in [-0.25, -0.2) is 0 Å². The van der Waals surface area contributed by atoms with E-state index in [4.69, 9.17) is 12.5 Å². The van der Waals surface area contributed by atoms with Crippen molar-refractivity contribution in [3.8, 4) is 17.2 Å². The number of nitrogens with one attached hydrogen (secondary N) is 1. The zero-order chi connectivity index (χ0) is 15.2. The summed E-state index contributed by atoms with van der Waals surface area (Å²) >= 11 is 1.87. The summed E-state index contributed by atoms with van der Waals surface area (Å²) in [6.45, 7) is 2.76. The molecule has 0 heterocycles. The van der Waals surface area contributed by atoms with Crippen LogP contribution in [-0.4, -0.2) is 14.2 Å². The van der Waals surface area contributed by atoms with Crippen molar-refractivity contribution in [1.82, 2.24) is 0 Å². The Kier molecular flexibility index (Phi) is 5.55. The largest absolute Gasteiger partial charge is 0.497 e. The maximum absolute atomic E-state index is 5.34. The van der Waals surface area contributed by atoms with Gasteiger partial charge in [-0.15, -0.1) is 0 Å². The molecule has 112 valence electrons. The highest BCUT2D eigenvalue weighted by molar-refractivity contribution is 14.1. The van der Waals surface area contributed by atoms with Crippen molar-refractivity contribution in [2.24, 2.45) is 0 Å². The third kappa shape index (κ3) is 3.93. The van der Waals surface area contributed by atoms with Crippen LogP contribution in [-0.2, 0) is 6.54 Å². The number of rotatable bonds is 6. The molecule has 2 aromatic carbocycles. The van der Waals surface area contributed by atoms with Crippen LogP contribution in [0.25, 0.3) is 0 Å². The maximum atomic E-state index is 5.34. The number of benzene rings is 2. The molecule has 0 atom stereocenters. The minimum atomic E-state index is 0.684. The monoisotopic (exact) mass is 399 g/mol. The highest BCUT2D eigenvalue weighted by atomic mass is 127. The van der Waals surface area contributed by atoms with E-state index in [1.54, 1.807) is 14.2 Å². The van der Waals surface area contributed by atoms with Crippen LogP contribution in [0, 0.1) is 6.92 Å². The van der Waals surface area contributed by atoms with Gasteiger partial charge in [0, 0.05) is 12.6 Å². The molecule has 4 nitrogen and oxygen atoms in total. The van der Waals surface area contributed by atoms with Gasteiger partial charge >= 0.3 is 0 Å². The molecule has 0 aliphatic rings. The highest BCUT2D eigenvalue weighted by Gasteiger charge is 2.07. The fourth-order valence-electron chi connectivity index (χ4n) is 2.00. The summed E-state index contributed by atoms with van der Waals surface area (Å²) in [5.74, 6) is 2.42. The molecule has 21 heavy (non-hydrogen) atoms. The summed E-state index contributed by atoms with van der Waals surface area (Å²) in [4.78, 5) is 0. The minimum Gasteiger partial charge on any atom is -0.497 e. The van der Waals surface area contributed by atoms with Crippen LogP contribution in [0.1, 0.15) is 11.1 Å². The number of halogens is 1. The van der Waals surface area contributed by atoms with E-state index in [1.807, 2.05) is 53.3 Å². The molecule has 0 unspecified atom stereocenters. The summed E-state index contributed by atoms with van der Waals surface area (Å²) in [5, 5.41) is 3.38. The lowest BCUT2D eigenvalue weighted by molar-refractivity contribution is 0.414. The van der Waals surface area contributed by atoms with Gasteiger partial charge in [-0.2, -0.15) is 0 Å². The van der Waals surface area contributed by atoms with Gasteiger partial charge in [-0.3, -0.25) is 0 Å². The summed E-state index contributed by atoms with van der Waals surface area (Å²) in [6, 6.07) is 11.7. The molecule has 2 aromatic rings. The molecule has 2 rings (SSSR count). The topological polar surface area (TPSA) is 39.7 Å². The summed E-state index contributed by atoms with van der Waals surface area (Å²) in [5.41, 5.74) is 3.28. The van der Waals surface area contributed by atoms with E-state index in [1.165, 1.54) is 11.1 Å². The van der Waals surface area contributed by atoms with E-state index in [-0.39, 0.29) is 0 Å². The number of hydrogen-bond donors (Lipinski definition) is 1. The SMILES string of the molecule is COc1ccc(C)c(CNc2cc(OC)ccc2OI)c1. The van der Waals surface area contributed by atoms with Crippen LogP contribution in [0.2, 0.25) is 0 Å². The Morgan fingerprint density at radius 1 is 1.00 bits per heavy atom. The molecule has 0 aliphatic heterocycles. The van der Waals surface area contributed by atoms with Gasteiger partial charge in [0.05, 0.1) is 19.9 Å². The number of hydrogen-bond acceptors (Lipinski definition) is 4. The van der Waals surface area contributed by atoms with E-state index in [0.29, 0.717) is 6.54 Å². The van der Waals surface area contributed by atoms with Crippen molar-refractivity contribution in [1.29, 1.82) is 0 Å². The van der Waals surface area contributed by atoms with E-state index < -0.39 is 0 Å². The van der Waals surface area contributed by atoms with Crippen LogP contribution in [0.4, 0.5) is 5.69 Å². The summed E-state index contributed by atoms with van der Waals surface area (Å²) in [7, 11) is 3.32.